The summed E-state index contributed by atoms with van der Waals surface area (Å²) in [5.74, 6) is -1.02. The number of nitrogens with one attached hydrogen (secondary N) is 3. The molecule has 2 aromatic carbocycles. The molecule has 3 atom stereocenters. The first-order chi connectivity index (χ1) is 36.7. The van der Waals surface area contributed by atoms with Crippen molar-refractivity contribution in [1.82, 2.24) is 50.1 Å². The molecule has 1 unspecified atom stereocenters. The monoisotopic (exact) mass is 1090 g/mol. The lowest BCUT2D eigenvalue weighted by Crippen LogP contribution is -2.63. The van der Waals surface area contributed by atoms with Crippen molar-refractivity contribution in [3.05, 3.63) is 105 Å². The van der Waals surface area contributed by atoms with Gasteiger partial charge in [0.15, 0.2) is 15.7 Å². The number of likely N-dealkylation sites (tertiary alicyclic amines) is 2. The van der Waals surface area contributed by atoms with Crippen LogP contribution in [0.1, 0.15) is 102 Å². The van der Waals surface area contributed by atoms with Crippen molar-refractivity contribution in [1.29, 1.82) is 0 Å². The van der Waals surface area contributed by atoms with E-state index in [-0.39, 0.29) is 46.5 Å². The lowest BCUT2D eigenvalue weighted by atomic mass is 9.71. The highest BCUT2D eigenvalue weighted by Gasteiger charge is 2.51. The van der Waals surface area contributed by atoms with Gasteiger partial charge in [-0.2, -0.15) is 5.10 Å². The molecule has 3 saturated heterocycles. The molecule has 0 radical (unpaired) electrons. The standard InChI is InChI=1S/C54H66FN13O7S2/c1-32-33(2)63-64-47(32)62-48-38-27-43(77(73,74)53(3,4)5)42(28-39(38)59-31-60-48)75-26-25-65-21-23-66(24-22-65)44-15-12-36(29-58-44)50(70)67-19-16-34(17-20-67)45(54(6,57-7)52(56)72)51(71)68-18-8-9-41(68)49-61-40(30-76-49)46(69)35-10-13-37(55)14-11-35/h10-15,27-31,34,41,45,57H,8-9,16-26H2,1-7H3,(H2,56,72)(H2,59,60,62,63,64)/t41-,45+,54?/m0/s1. The third-order valence-electron chi connectivity index (χ3n) is 15.5. The number of halogens is 1. The maximum Gasteiger partial charge on any atom is 0.255 e. The van der Waals surface area contributed by atoms with Gasteiger partial charge >= 0.3 is 0 Å². The number of fused-ring (bicyclic) bond motifs is 1. The predicted molar refractivity (Wildman–Crippen MR) is 291 cm³/mol. The molecular formula is C54H66FN13O7S2. The van der Waals surface area contributed by atoms with E-state index < -0.39 is 43.8 Å². The summed E-state index contributed by atoms with van der Waals surface area (Å²) in [6.07, 6.45) is 5.27. The van der Waals surface area contributed by atoms with Gasteiger partial charge in [0.25, 0.3) is 5.91 Å². The number of amides is 3. The zero-order valence-corrected chi connectivity index (χ0v) is 46.1. The Morgan fingerprint density at radius 1 is 0.909 bits per heavy atom. The van der Waals surface area contributed by atoms with Crippen LogP contribution < -0.4 is 26.0 Å². The lowest BCUT2D eigenvalue weighted by Gasteiger charge is -2.44. The van der Waals surface area contributed by atoms with Gasteiger partial charge in [-0.15, -0.1) is 11.3 Å². The Labute approximate surface area is 451 Å². The topological polar surface area (TPSA) is 255 Å². The molecule has 0 saturated carbocycles. The summed E-state index contributed by atoms with van der Waals surface area (Å²) in [5.41, 5.74) is 7.95. The summed E-state index contributed by atoms with van der Waals surface area (Å²) in [4.78, 5) is 81.4. The van der Waals surface area contributed by atoms with E-state index in [4.69, 9.17) is 15.5 Å². The molecule has 4 aromatic heterocycles. The van der Waals surface area contributed by atoms with Crippen molar-refractivity contribution < 1.29 is 36.7 Å². The second-order valence-electron chi connectivity index (χ2n) is 21.2. The van der Waals surface area contributed by atoms with Crippen molar-refractivity contribution in [3.63, 3.8) is 0 Å². The van der Waals surface area contributed by atoms with E-state index in [0.717, 1.165) is 17.1 Å². The highest BCUT2D eigenvalue weighted by atomic mass is 32.2. The smallest absolute Gasteiger partial charge is 0.255 e. The average Bonchev–Trinajstić information content (AvgIpc) is 4.22. The molecule has 3 aliphatic rings. The zero-order chi connectivity index (χ0) is 55.0. The Hall–Kier alpha value is -6.95. The number of carbonyl (C=O) groups excluding carboxylic acids is 4. The van der Waals surface area contributed by atoms with Gasteiger partial charge in [0.1, 0.15) is 57.3 Å². The van der Waals surface area contributed by atoms with Crippen LogP contribution in [0, 0.1) is 31.5 Å². The molecule has 9 rings (SSSR count). The Balaban J connectivity index is 0.796. The number of pyridine rings is 1. The van der Waals surface area contributed by atoms with Gasteiger partial charge in [-0.1, -0.05) is 0 Å². The van der Waals surface area contributed by atoms with E-state index in [2.05, 4.69) is 45.6 Å². The summed E-state index contributed by atoms with van der Waals surface area (Å²) in [6.45, 7) is 15.2. The van der Waals surface area contributed by atoms with Crippen molar-refractivity contribution in [2.75, 3.05) is 76.2 Å². The molecule has 0 aliphatic carbocycles. The van der Waals surface area contributed by atoms with Gasteiger partial charge in [0.2, 0.25) is 17.6 Å². The highest BCUT2D eigenvalue weighted by Crippen LogP contribution is 2.42. The number of anilines is 3. The number of carbonyl (C=O) groups is 4. The third-order valence-corrected chi connectivity index (χ3v) is 19.0. The first-order valence-corrected chi connectivity index (χ1v) is 28.3. The number of aromatic nitrogens is 6. The van der Waals surface area contributed by atoms with Crippen LogP contribution in [-0.2, 0) is 19.4 Å². The quantitative estimate of drug-likeness (QED) is 0.0764. The number of ether oxygens (including phenoxy) is 1. The van der Waals surface area contributed by atoms with E-state index in [1.165, 1.54) is 41.9 Å². The number of nitrogens with zero attached hydrogens (tertiary/aromatic N) is 9. The Morgan fingerprint density at radius 2 is 1.62 bits per heavy atom. The van der Waals surface area contributed by atoms with Gasteiger partial charge in [-0.25, -0.2) is 32.7 Å². The molecule has 0 bridgehead atoms. The van der Waals surface area contributed by atoms with Crippen LogP contribution in [0.25, 0.3) is 10.9 Å². The number of ketones is 1. The predicted octanol–water partition coefficient (Wildman–Crippen LogP) is 6.00. The van der Waals surface area contributed by atoms with Crippen molar-refractivity contribution in [2.45, 2.75) is 88.4 Å². The molecule has 408 valence electrons. The van der Waals surface area contributed by atoms with Crippen LogP contribution >= 0.6 is 11.3 Å². The third kappa shape index (κ3) is 11.1. The summed E-state index contributed by atoms with van der Waals surface area (Å²) >= 11 is 1.29. The van der Waals surface area contributed by atoms with Gasteiger partial charge in [0.05, 0.1) is 27.8 Å². The summed E-state index contributed by atoms with van der Waals surface area (Å²) in [6, 6.07) is 11.8. The number of primary amides is 1. The molecule has 3 fully saturated rings. The fourth-order valence-corrected chi connectivity index (χ4v) is 12.7. The lowest BCUT2D eigenvalue weighted by molar-refractivity contribution is -0.147. The number of likely N-dealkylation sites (N-methyl/N-ethyl adjacent to an activating group) is 1. The molecule has 77 heavy (non-hydrogen) atoms. The number of rotatable bonds is 17. The first kappa shape index (κ1) is 54.8. The number of benzene rings is 2. The molecule has 5 N–H and O–H groups in total. The molecule has 3 aliphatic heterocycles. The number of thiazole rings is 1. The molecular weight excluding hydrogens is 1030 g/mol. The number of aryl methyl sites for hydroxylation is 1. The van der Waals surface area contributed by atoms with Crippen LogP contribution in [0.15, 0.2) is 71.3 Å². The van der Waals surface area contributed by atoms with E-state index in [1.807, 2.05) is 19.9 Å². The Kier molecular flexibility index (Phi) is 15.8. The van der Waals surface area contributed by atoms with E-state index >= 15 is 0 Å². The van der Waals surface area contributed by atoms with E-state index in [0.29, 0.717) is 117 Å². The number of nitrogens with two attached hydrogens (primary N) is 1. The van der Waals surface area contributed by atoms with Gasteiger partial charge in [-0.3, -0.25) is 29.2 Å². The van der Waals surface area contributed by atoms with Gasteiger partial charge in [-0.05, 0) is 123 Å². The number of aromatic amines is 1. The normalized spacial score (nSPS) is 18.1. The van der Waals surface area contributed by atoms with E-state index in [9.17, 15) is 32.0 Å². The molecule has 0 spiro atoms. The van der Waals surface area contributed by atoms with Gasteiger partial charge < -0.3 is 35.8 Å². The SMILES string of the molecule is CNC(C)(C(N)=O)[C@@H](C(=O)N1CCC[C@H]1c1nc(C(=O)c2ccc(F)cc2)cs1)C1CCN(C(=O)c2ccc(N3CCN(CCOc4cc5ncnc(Nc6n[nH]c(C)c6C)c5cc4S(=O)(=O)C(C)(C)C)CC3)nc2)CC1. The number of sulfone groups is 1. The Morgan fingerprint density at radius 3 is 2.26 bits per heavy atom. The van der Waals surface area contributed by atoms with Crippen molar-refractivity contribution >= 4 is 73.0 Å². The zero-order valence-electron chi connectivity index (χ0n) is 44.4. The van der Waals surface area contributed by atoms with Crippen LogP contribution in [0.2, 0.25) is 0 Å². The summed E-state index contributed by atoms with van der Waals surface area (Å²) in [7, 11) is -2.24. The minimum atomic E-state index is -3.86. The number of piperidine rings is 1. The minimum Gasteiger partial charge on any atom is -0.491 e. The maximum absolute atomic E-state index is 14.8. The van der Waals surface area contributed by atoms with E-state index in [1.54, 1.807) is 74.3 Å². The number of hydrogen-bond acceptors (Lipinski definition) is 17. The average molecular weight is 1090 g/mol. The molecule has 20 nitrogen and oxygen atoms in total. The number of H-pyrrole nitrogens is 1. The molecule has 3 amide bonds. The number of piperazine rings is 1. The van der Waals surface area contributed by atoms with Crippen molar-refractivity contribution in [3.8, 4) is 5.75 Å². The fraction of sp³-hybridized carbons (Fsp3) is 0.463. The molecule has 7 heterocycles. The highest BCUT2D eigenvalue weighted by molar-refractivity contribution is 7.92. The van der Waals surface area contributed by atoms with Crippen LogP contribution in [0.5, 0.6) is 5.75 Å². The fourth-order valence-electron chi connectivity index (χ4n) is 10.5. The summed E-state index contributed by atoms with van der Waals surface area (Å²) < 4.78 is 46.8. The Bertz CT molecular complexity index is 3280. The van der Waals surface area contributed by atoms with Crippen LogP contribution in [0.4, 0.5) is 21.8 Å². The minimum absolute atomic E-state index is 0.0584. The number of hydrogen-bond donors (Lipinski definition) is 4. The maximum atomic E-state index is 14.8. The second kappa shape index (κ2) is 22.2. The second-order valence-corrected chi connectivity index (χ2v) is 24.8. The molecule has 6 aromatic rings. The largest absolute Gasteiger partial charge is 0.491 e. The van der Waals surface area contributed by atoms with Crippen LogP contribution in [-0.4, -0.2) is 153 Å². The summed E-state index contributed by atoms with van der Waals surface area (Å²) in [5, 5.41) is 16.4. The van der Waals surface area contributed by atoms with Crippen LogP contribution in [0.3, 0.4) is 0 Å². The van der Waals surface area contributed by atoms with Gasteiger partial charge in [0, 0.05) is 92.2 Å². The first-order valence-electron chi connectivity index (χ1n) is 25.9. The van der Waals surface area contributed by atoms with Crippen molar-refractivity contribution in [2.24, 2.45) is 17.6 Å². The molecule has 23 heteroatoms.